The van der Waals surface area contributed by atoms with Gasteiger partial charge in [0.15, 0.2) is 0 Å². The number of aryl methyl sites for hydroxylation is 1. The Labute approximate surface area is 107 Å². The molecule has 3 nitrogen and oxygen atoms in total. The van der Waals surface area contributed by atoms with Crippen LogP contribution in [0.4, 0.5) is 0 Å². The summed E-state index contributed by atoms with van der Waals surface area (Å²) in [6.45, 7) is 4.42. The number of aliphatic hydroxyl groups is 2. The van der Waals surface area contributed by atoms with Crippen molar-refractivity contribution in [3.05, 3.63) is 34.3 Å². The predicted octanol–water partition coefficient (Wildman–Crippen LogP) is 2.04. The minimum Gasteiger partial charge on any atom is -0.395 e. The van der Waals surface area contributed by atoms with Crippen LogP contribution in [0.3, 0.4) is 0 Å². The largest absolute Gasteiger partial charge is 0.395 e. The molecule has 0 aliphatic rings. The van der Waals surface area contributed by atoms with Crippen molar-refractivity contribution in [1.29, 1.82) is 0 Å². The molecular weight excluding hydrogens is 238 g/mol. The van der Waals surface area contributed by atoms with Gasteiger partial charge in [0, 0.05) is 17.6 Å². The summed E-state index contributed by atoms with van der Waals surface area (Å²) in [4.78, 5) is 0. The third kappa shape index (κ3) is 4.28. The fourth-order valence-electron chi connectivity index (χ4n) is 1.61. The Kier molecular flexibility index (Phi) is 5.92. The third-order valence-corrected chi connectivity index (χ3v) is 3.30. The van der Waals surface area contributed by atoms with Crippen LogP contribution < -0.4 is 5.32 Å². The molecule has 2 unspecified atom stereocenters. The van der Waals surface area contributed by atoms with Gasteiger partial charge in [0.05, 0.1) is 12.7 Å². The van der Waals surface area contributed by atoms with E-state index >= 15 is 0 Å². The molecule has 0 aliphatic heterocycles. The van der Waals surface area contributed by atoms with Crippen LogP contribution in [0.15, 0.2) is 18.2 Å². The minimum atomic E-state index is -0.577. The lowest BCUT2D eigenvalue weighted by atomic mass is 10.1. The maximum absolute atomic E-state index is 9.99. The molecule has 96 valence electrons. The Morgan fingerprint density at radius 2 is 2.12 bits per heavy atom. The number of hydrogen-bond acceptors (Lipinski definition) is 3. The van der Waals surface area contributed by atoms with Crippen molar-refractivity contribution in [2.24, 2.45) is 0 Å². The molecule has 0 bridgehead atoms. The van der Waals surface area contributed by atoms with Crippen molar-refractivity contribution in [3.63, 3.8) is 0 Å². The number of halogens is 1. The maximum atomic E-state index is 9.99. The van der Waals surface area contributed by atoms with Crippen molar-refractivity contribution in [2.75, 3.05) is 13.2 Å². The van der Waals surface area contributed by atoms with Crippen LogP contribution >= 0.6 is 11.6 Å². The molecule has 0 radical (unpaired) electrons. The van der Waals surface area contributed by atoms with Crippen molar-refractivity contribution in [3.8, 4) is 0 Å². The van der Waals surface area contributed by atoms with Gasteiger partial charge in [-0.2, -0.15) is 0 Å². The standard InChI is InChI=1S/C13H20ClNO2/c1-3-11(8-16)15-7-13(17)10-4-5-12(14)9(2)6-10/h4-6,11,13,15-17H,3,7-8H2,1-2H3. The Balaban J connectivity index is 2.57. The van der Waals surface area contributed by atoms with E-state index in [1.54, 1.807) is 6.07 Å². The van der Waals surface area contributed by atoms with Gasteiger partial charge in [-0.3, -0.25) is 0 Å². The van der Waals surface area contributed by atoms with E-state index in [0.29, 0.717) is 11.6 Å². The smallest absolute Gasteiger partial charge is 0.0914 e. The van der Waals surface area contributed by atoms with Gasteiger partial charge in [-0.25, -0.2) is 0 Å². The molecule has 0 aliphatic carbocycles. The van der Waals surface area contributed by atoms with Crippen LogP contribution in [-0.2, 0) is 0 Å². The molecule has 0 amide bonds. The Morgan fingerprint density at radius 1 is 1.41 bits per heavy atom. The van der Waals surface area contributed by atoms with Crippen molar-refractivity contribution in [1.82, 2.24) is 5.32 Å². The fraction of sp³-hybridized carbons (Fsp3) is 0.538. The lowest BCUT2D eigenvalue weighted by molar-refractivity contribution is 0.157. The summed E-state index contributed by atoms with van der Waals surface area (Å²) in [6.07, 6.45) is 0.259. The molecule has 1 aromatic carbocycles. The molecule has 0 aromatic heterocycles. The second-order valence-corrected chi connectivity index (χ2v) is 4.63. The first-order valence-corrected chi connectivity index (χ1v) is 6.24. The normalized spacial score (nSPS) is 14.6. The first-order valence-electron chi connectivity index (χ1n) is 5.86. The van der Waals surface area contributed by atoms with Crippen molar-refractivity contribution < 1.29 is 10.2 Å². The molecule has 2 atom stereocenters. The SMILES string of the molecule is CCC(CO)NCC(O)c1ccc(Cl)c(C)c1. The maximum Gasteiger partial charge on any atom is 0.0914 e. The van der Waals surface area contributed by atoms with E-state index in [2.05, 4.69) is 5.32 Å². The molecule has 17 heavy (non-hydrogen) atoms. The second-order valence-electron chi connectivity index (χ2n) is 4.22. The van der Waals surface area contributed by atoms with Crippen LogP contribution in [0.2, 0.25) is 5.02 Å². The van der Waals surface area contributed by atoms with Gasteiger partial charge in [-0.05, 0) is 30.5 Å². The number of aliphatic hydroxyl groups excluding tert-OH is 2. The molecule has 0 saturated heterocycles. The lowest BCUT2D eigenvalue weighted by Crippen LogP contribution is -2.34. The summed E-state index contributed by atoms with van der Waals surface area (Å²) in [7, 11) is 0. The molecule has 1 aromatic rings. The summed E-state index contributed by atoms with van der Waals surface area (Å²) in [5.74, 6) is 0. The molecule has 0 heterocycles. The molecule has 0 fully saturated rings. The number of benzene rings is 1. The minimum absolute atomic E-state index is 0.0399. The monoisotopic (exact) mass is 257 g/mol. The Bertz CT molecular complexity index is 353. The van der Waals surface area contributed by atoms with Gasteiger partial charge in [-0.15, -0.1) is 0 Å². The van der Waals surface area contributed by atoms with Crippen LogP contribution in [0.5, 0.6) is 0 Å². The zero-order chi connectivity index (χ0) is 12.8. The van der Waals surface area contributed by atoms with Crippen LogP contribution in [0.1, 0.15) is 30.6 Å². The number of nitrogens with one attached hydrogen (secondary N) is 1. The first kappa shape index (κ1) is 14.5. The van der Waals surface area contributed by atoms with E-state index < -0.39 is 6.10 Å². The van der Waals surface area contributed by atoms with E-state index in [0.717, 1.165) is 17.5 Å². The van der Waals surface area contributed by atoms with Crippen LogP contribution in [-0.4, -0.2) is 29.4 Å². The lowest BCUT2D eigenvalue weighted by Gasteiger charge is -2.18. The molecule has 0 saturated carbocycles. The van der Waals surface area contributed by atoms with Crippen molar-refractivity contribution in [2.45, 2.75) is 32.4 Å². The van der Waals surface area contributed by atoms with Crippen LogP contribution in [0, 0.1) is 6.92 Å². The van der Waals surface area contributed by atoms with E-state index in [4.69, 9.17) is 16.7 Å². The van der Waals surface area contributed by atoms with Gasteiger partial charge in [0.2, 0.25) is 0 Å². The van der Waals surface area contributed by atoms with Crippen LogP contribution in [0.25, 0.3) is 0 Å². The van der Waals surface area contributed by atoms with Gasteiger partial charge in [-0.1, -0.05) is 30.7 Å². The van der Waals surface area contributed by atoms with E-state index in [9.17, 15) is 5.11 Å². The average molecular weight is 258 g/mol. The zero-order valence-electron chi connectivity index (χ0n) is 10.3. The summed E-state index contributed by atoms with van der Waals surface area (Å²) >= 11 is 5.93. The number of hydrogen-bond donors (Lipinski definition) is 3. The van der Waals surface area contributed by atoms with Crippen molar-refractivity contribution >= 4 is 11.6 Å². The van der Waals surface area contributed by atoms with Gasteiger partial charge in [0.25, 0.3) is 0 Å². The molecule has 0 spiro atoms. The van der Waals surface area contributed by atoms with Gasteiger partial charge < -0.3 is 15.5 Å². The highest BCUT2D eigenvalue weighted by Gasteiger charge is 2.11. The Hall–Kier alpha value is -0.610. The van der Waals surface area contributed by atoms with E-state index in [-0.39, 0.29) is 12.6 Å². The third-order valence-electron chi connectivity index (χ3n) is 2.88. The summed E-state index contributed by atoms with van der Waals surface area (Å²) in [5, 5.41) is 22.8. The van der Waals surface area contributed by atoms with Gasteiger partial charge in [0.1, 0.15) is 0 Å². The highest BCUT2D eigenvalue weighted by Crippen LogP contribution is 2.20. The highest BCUT2D eigenvalue weighted by molar-refractivity contribution is 6.31. The van der Waals surface area contributed by atoms with E-state index in [1.165, 1.54) is 0 Å². The number of rotatable bonds is 6. The molecule has 3 N–H and O–H groups in total. The van der Waals surface area contributed by atoms with Gasteiger partial charge >= 0.3 is 0 Å². The molecule has 4 heteroatoms. The summed E-state index contributed by atoms with van der Waals surface area (Å²) in [5.41, 5.74) is 1.80. The van der Waals surface area contributed by atoms with E-state index in [1.807, 2.05) is 26.0 Å². The summed E-state index contributed by atoms with van der Waals surface area (Å²) < 4.78 is 0. The topological polar surface area (TPSA) is 52.5 Å². The quantitative estimate of drug-likeness (QED) is 0.731. The predicted molar refractivity (Wildman–Crippen MR) is 70.3 cm³/mol. The second kappa shape index (κ2) is 6.97. The Morgan fingerprint density at radius 3 is 2.65 bits per heavy atom. The summed E-state index contributed by atoms with van der Waals surface area (Å²) in [6, 6.07) is 5.53. The highest BCUT2D eigenvalue weighted by atomic mass is 35.5. The molecule has 1 rings (SSSR count). The molecular formula is C13H20ClNO2. The first-order chi connectivity index (χ1) is 8.08. The zero-order valence-corrected chi connectivity index (χ0v) is 11.0. The fourth-order valence-corrected chi connectivity index (χ4v) is 1.73. The average Bonchev–Trinajstić information content (AvgIpc) is 2.33.